The fourth-order valence-corrected chi connectivity index (χ4v) is 3.55. The van der Waals surface area contributed by atoms with Crippen LogP contribution in [0.2, 0.25) is 0 Å². The molecular formula is C15H20BrCl2F3N2. The number of piperazine rings is 1. The van der Waals surface area contributed by atoms with Crippen LogP contribution in [0.15, 0.2) is 22.7 Å². The van der Waals surface area contributed by atoms with Crippen LogP contribution < -0.4 is 5.32 Å². The number of nitrogens with zero attached hydrogens (tertiary/aromatic N) is 1. The van der Waals surface area contributed by atoms with Gasteiger partial charge in [-0.25, -0.2) is 0 Å². The molecule has 8 heteroatoms. The van der Waals surface area contributed by atoms with Gasteiger partial charge in [-0.05, 0) is 42.5 Å². The Hall–Kier alpha value is -0.0100. The molecule has 132 valence electrons. The summed E-state index contributed by atoms with van der Waals surface area (Å²) in [6.07, 6.45) is -2.07. The van der Waals surface area contributed by atoms with Crippen molar-refractivity contribution in [3.63, 3.8) is 0 Å². The Balaban J connectivity index is 0.00000132. The number of alkyl halides is 3. The van der Waals surface area contributed by atoms with E-state index >= 15 is 0 Å². The van der Waals surface area contributed by atoms with Crippen LogP contribution in [0.25, 0.3) is 0 Å². The van der Waals surface area contributed by atoms with Crippen molar-refractivity contribution in [2.45, 2.75) is 25.1 Å². The molecule has 3 rings (SSSR count). The summed E-state index contributed by atoms with van der Waals surface area (Å²) in [6, 6.07) is 4.11. The second-order valence-electron chi connectivity index (χ2n) is 5.80. The number of halogens is 6. The molecule has 1 aromatic rings. The van der Waals surface area contributed by atoms with Gasteiger partial charge in [-0.1, -0.05) is 15.9 Å². The van der Waals surface area contributed by atoms with Crippen LogP contribution in [-0.4, -0.2) is 31.1 Å². The van der Waals surface area contributed by atoms with E-state index in [0.29, 0.717) is 5.92 Å². The average molecular weight is 436 g/mol. The number of benzene rings is 1. The lowest BCUT2D eigenvalue weighted by Gasteiger charge is -2.36. The zero-order chi connectivity index (χ0) is 15.0. The van der Waals surface area contributed by atoms with E-state index in [9.17, 15) is 13.2 Å². The maximum Gasteiger partial charge on any atom is 0.416 e. The summed E-state index contributed by atoms with van der Waals surface area (Å²) in [4.78, 5) is 2.33. The van der Waals surface area contributed by atoms with Gasteiger partial charge in [0.1, 0.15) is 0 Å². The quantitative estimate of drug-likeness (QED) is 0.742. The average Bonchev–Trinajstić information content (AvgIpc) is 3.26. The molecule has 0 aromatic heterocycles. The summed E-state index contributed by atoms with van der Waals surface area (Å²) in [7, 11) is 0. The zero-order valence-corrected chi connectivity index (χ0v) is 15.6. The second kappa shape index (κ2) is 8.39. The molecule has 2 aliphatic rings. The summed E-state index contributed by atoms with van der Waals surface area (Å²) in [5.41, 5.74) is 0.232. The van der Waals surface area contributed by atoms with Gasteiger partial charge in [-0.15, -0.1) is 24.8 Å². The molecule has 0 bridgehead atoms. The Bertz CT molecular complexity index is 518. The molecule has 23 heavy (non-hydrogen) atoms. The van der Waals surface area contributed by atoms with Crippen molar-refractivity contribution in [1.29, 1.82) is 0 Å². The van der Waals surface area contributed by atoms with Crippen molar-refractivity contribution >= 4 is 40.7 Å². The van der Waals surface area contributed by atoms with Gasteiger partial charge in [0.2, 0.25) is 0 Å². The van der Waals surface area contributed by atoms with E-state index < -0.39 is 11.7 Å². The molecular weight excluding hydrogens is 416 g/mol. The van der Waals surface area contributed by atoms with Crippen molar-refractivity contribution in [3.05, 3.63) is 33.8 Å². The highest BCUT2D eigenvalue weighted by molar-refractivity contribution is 9.10. The number of nitrogens with one attached hydrogen (secondary N) is 1. The maximum atomic E-state index is 13.0. The Kier molecular flexibility index (Phi) is 7.67. The van der Waals surface area contributed by atoms with Gasteiger partial charge in [0.15, 0.2) is 0 Å². The third-order valence-corrected chi connectivity index (χ3v) is 4.98. The summed E-state index contributed by atoms with van der Waals surface area (Å²) in [5.74, 6) is 0.489. The van der Waals surface area contributed by atoms with E-state index in [-0.39, 0.29) is 30.9 Å². The molecule has 0 amide bonds. The first-order valence-corrected chi connectivity index (χ1v) is 8.07. The molecule has 1 aliphatic carbocycles. The monoisotopic (exact) mass is 434 g/mol. The highest BCUT2D eigenvalue weighted by Crippen LogP contribution is 2.47. The van der Waals surface area contributed by atoms with Gasteiger partial charge >= 0.3 is 6.18 Å². The van der Waals surface area contributed by atoms with Crippen molar-refractivity contribution in [2.24, 2.45) is 5.92 Å². The Labute approximate surface area is 155 Å². The van der Waals surface area contributed by atoms with E-state index in [1.54, 1.807) is 0 Å². The van der Waals surface area contributed by atoms with E-state index in [1.807, 2.05) is 0 Å². The van der Waals surface area contributed by atoms with Crippen LogP contribution in [0.4, 0.5) is 13.2 Å². The van der Waals surface area contributed by atoms with Crippen LogP contribution in [0.3, 0.4) is 0 Å². The van der Waals surface area contributed by atoms with Crippen molar-refractivity contribution in [3.8, 4) is 0 Å². The van der Waals surface area contributed by atoms with Gasteiger partial charge in [0, 0.05) is 36.7 Å². The van der Waals surface area contributed by atoms with Crippen LogP contribution in [0, 0.1) is 5.92 Å². The first kappa shape index (κ1) is 21.0. The van der Waals surface area contributed by atoms with Gasteiger partial charge in [-0.2, -0.15) is 13.2 Å². The molecule has 2 nitrogen and oxygen atoms in total. The third-order valence-electron chi connectivity index (χ3n) is 4.26. The number of hydrogen-bond donors (Lipinski definition) is 1. The zero-order valence-electron chi connectivity index (χ0n) is 12.4. The molecule has 1 saturated heterocycles. The Morgan fingerprint density at radius 3 is 2.26 bits per heavy atom. The first-order valence-electron chi connectivity index (χ1n) is 7.28. The lowest BCUT2D eigenvalue weighted by molar-refractivity contribution is -0.137. The normalized spacial score (nSPS) is 20.3. The minimum absolute atomic E-state index is 0. The molecule has 1 aromatic carbocycles. The Morgan fingerprint density at radius 2 is 1.74 bits per heavy atom. The molecule has 2 fully saturated rings. The summed E-state index contributed by atoms with van der Waals surface area (Å²) >= 11 is 3.45. The molecule has 1 heterocycles. The fraction of sp³-hybridized carbons (Fsp3) is 0.600. The number of rotatable bonds is 3. The van der Waals surface area contributed by atoms with Crippen LogP contribution in [-0.2, 0) is 6.18 Å². The second-order valence-corrected chi connectivity index (χ2v) is 6.66. The van der Waals surface area contributed by atoms with Crippen molar-refractivity contribution < 1.29 is 13.2 Å². The van der Waals surface area contributed by atoms with Gasteiger partial charge in [0.25, 0.3) is 0 Å². The lowest BCUT2D eigenvalue weighted by Crippen LogP contribution is -2.45. The topological polar surface area (TPSA) is 15.3 Å². The van der Waals surface area contributed by atoms with Gasteiger partial charge in [-0.3, -0.25) is 4.90 Å². The highest BCUT2D eigenvalue weighted by atomic mass is 79.9. The largest absolute Gasteiger partial charge is 0.416 e. The molecule has 0 unspecified atom stereocenters. The minimum Gasteiger partial charge on any atom is -0.314 e. The molecule has 1 saturated carbocycles. The summed E-state index contributed by atoms with van der Waals surface area (Å²) < 4.78 is 39.7. The predicted molar refractivity (Wildman–Crippen MR) is 93.5 cm³/mol. The first-order chi connectivity index (χ1) is 9.97. The fourth-order valence-electron chi connectivity index (χ4n) is 3.07. The van der Waals surface area contributed by atoms with E-state index in [2.05, 4.69) is 26.1 Å². The molecule has 0 spiro atoms. The summed E-state index contributed by atoms with van der Waals surface area (Å²) in [5, 5.41) is 3.30. The van der Waals surface area contributed by atoms with Crippen molar-refractivity contribution in [1.82, 2.24) is 10.2 Å². The standard InChI is InChI=1S/C15H18BrF3N2.2ClH/c16-13-4-3-11(15(17,18)19)9-12(13)14(10-1-2-10)21-7-5-20-6-8-21;;/h3-4,9-10,14,20H,1-2,5-8H2;2*1H/t14-;;/m0../s1. The smallest absolute Gasteiger partial charge is 0.314 e. The molecule has 0 radical (unpaired) electrons. The summed E-state index contributed by atoms with van der Waals surface area (Å²) in [6.45, 7) is 3.59. The minimum atomic E-state index is -4.28. The van der Waals surface area contributed by atoms with Gasteiger partial charge in [0.05, 0.1) is 5.56 Å². The molecule has 1 atom stereocenters. The maximum absolute atomic E-state index is 13.0. The molecule has 1 N–H and O–H groups in total. The van der Waals surface area contributed by atoms with E-state index in [4.69, 9.17) is 0 Å². The molecule has 1 aliphatic heterocycles. The SMILES string of the molecule is Cl.Cl.FC(F)(F)c1ccc(Br)c([C@H](C2CC2)N2CCNCC2)c1. The third kappa shape index (κ3) is 4.98. The Morgan fingerprint density at radius 1 is 1.13 bits per heavy atom. The van der Waals surface area contributed by atoms with Crippen molar-refractivity contribution in [2.75, 3.05) is 26.2 Å². The van der Waals surface area contributed by atoms with Gasteiger partial charge < -0.3 is 5.32 Å². The predicted octanol–water partition coefficient (Wildman–Crippen LogP) is 4.67. The number of hydrogen-bond acceptors (Lipinski definition) is 2. The van der Waals surface area contributed by atoms with Crippen LogP contribution in [0.5, 0.6) is 0 Å². The van der Waals surface area contributed by atoms with Crippen LogP contribution >= 0.6 is 40.7 Å². The lowest BCUT2D eigenvalue weighted by atomic mass is 9.97. The van der Waals surface area contributed by atoms with Crippen LogP contribution in [0.1, 0.15) is 30.0 Å². The highest BCUT2D eigenvalue weighted by Gasteiger charge is 2.39. The van der Waals surface area contributed by atoms with E-state index in [1.165, 1.54) is 12.1 Å². The van der Waals surface area contributed by atoms with E-state index in [0.717, 1.165) is 55.1 Å².